The topological polar surface area (TPSA) is 95.8 Å². The summed E-state index contributed by atoms with van der Waals surface area (Å²) in [6.07, 6.45) is 0. The minimum atomic E-state index is -3.72. The maximum Gasteiger partial charge on any atom is 0.321 e. The second-order valence-corrected chi connectivity index (χ2v) is 8.88. The van der Waals surface area contributed by atoms with Crippen LogP contribution in [0, 0.1) is 13.8 Å². The number of aromatic nitrogens is 1. The molecule has 8 nitrogen and oxygen atoms in total. The zero-order valence-corrected chi connectivity index (χ0v) is 17.0. The molecule has 0 aliphatic carbocycles. The van der Waals surface area contributed by atoms with E-state index < -0.39 is 10.0 Å². The Kier molecular flexibility index (Phi) is 5.66. The van der Waals surface area contributed by atoms with E-state index in [9.17, 15) is 13.2 Å². The summed E-state index contributed by atoms with van der Waals surface area (Å²) in [5.41, 5.74) is 0.800. The van der Waals surface area contributed by atoms with Gasteiger partial charge in [-0.3, -0.25) is 0 Å². The number of hydrogen-bond acceptors (Lipinski definition) is 5. The van der Waals surface area contributed by atoms with Crippen LogP contribution in [0.3, 0.4) is 0 Å². The molecule has 0 atom stereocenters. The number of sulfonamides is 1. The first-order chi connectivity index (χ1) is 12.7. The van der Waals surface area contributed by atoms with Gasteiger partial charge in [0.05, 0.1) is 0 Å². The fraction of sp³-hybridized carbons (Fsp3) is 0.375. The molecule has 0 saturated carbocycles. The Bertz CT molecular complexity index is 929. The lowest BCUT2D eigenvalue weighted by Crippen LogP contribution is -2.51. The van der Waals surface area contributed by atoms with E-state index in [1.165, 1.54) is 9.21 Å². The standard InChI is InChI=1S/C16H18Cl2N4O4S/c1-10-15(11(2)26-20-10)27(24,25)22-5-3-21(4-6-22)16(23)19-14-8-12(17)7-13(18)9-14/h7-9H,3-6H2,1-2H3,(H,19,23). The molecule has 1 saturated heterocycles. The van der Waals surface area contributed by atoms with Crippen LogP contribution in [0.5, 0.6) is 0 Å². The van der Waals surface area contributed by atoms with Gasteiger partial charge in [0.2, 0.25) is 10.0 Å². The predicted octanol–water partition coefficient (Wildman–Crippen LogP) is 3.14. The minimum Gasteiger partial charge on any atom is -0.360 e. The predicted molar refractivity (Wildman–Crippen MR) is 102 cm³/mol. The van der Waals surface area contributed by atoms with Gasteiger partial charge in [0, 0.05) is 41.9 Å². The molecule has 3 rings (SSSR count). The van der Waals surface area contributed by atoms with E-state index in [1.807, 2.05) is 0 Å². The van der Waals surface area contributed by atoms with Gasteiger partial charge < -0.3 is 14.7 Å². The second kappa shape index (κ2) is 7.67. The number of nitrogens with zero attached hydrogens (tertiary/aromatic N) is 3. The van der Waals surface area contributed by atoms with Gasteiger partial charge in [0.1, 0.15) is 10.6 Å². The number of anilines is 1. The van der Waals surface area contributed by atoms with Crippen LogP contribution >= 0.6 is 23.2 Å². The van der Waals surface area contributed by atoms with Crippen molar-refractivity contribution in [3.8, 4) is 0 Å². The van der Waals surface area contributed by atoms with Crippen molar-refractivity contribution in [2.45, 2.75) is 18.7 Å². The Hall–Kier alpha value is -1.81. The molecule has 2 amide bonds. The van der Waals surface area contributed by atoms with Crippen LogP contribution in [0.1, 0.15) is 11.5 Å². The van der Waals surface area contributed by atoms with E-state index in [0.29, 0.717) is 21.4 Å². The normalized spacial score (nSPS) is 15.8. The molecule has 0 spiro atoms. The van der Waals surface area contributed by atoms with Gasteiger partial charge in [-0.15, -0.1) is 0 Å². The largest absolute Gasteiger partial charge is 0.360 e. The molecule has 0 bridgehead atoms. The molecule has 1 aliphatic heterocycles. The SMILES string of the molecule is Cc1noc(C)c1S(=O)(=O)N1CCN(C(=O)Nc2cc(Cl)cc(Cl)c2)CC1. The summed E-state index contributed by atoms with van der Waals surface area (Å²) in [6, 6.07) is 4.40. The number of nitrogens with one attached hydrogen (secondary N) is 1. The van der Waals surface area contributed by atoms with Gasteiger partial charge in [-0.2, -0.15) is 4.31 Å². The first-order valence-corrected chi connectivity index (χ1v) is 10.3. The van der Waals surface area contributed by atoms with E-state index in [-0.39, 0.29) is 42.9 Å². The first-order valence-electron chi connectivity index (χ1n) is 8.13. The van der Waals surface area contributed by atoms with Crippen LogP contribution < -0.4 is 5.32 Å². The average Bonchev–Trinajstić information content (AvgIpc) is 2.93. The number of carbonyl (C=O) groups is 1. The number of aryl methyl sites for hydroxylation is 2. The molecule has 0 radical (unpaired) electrons. The highest BCUT2D eigenvalue weighted by atomic mass is 35.5. The van der Waals surface area contributed by atoms with Crippen molar-refractivity contribution in [3.63, 3.8) is 0 Å². The molecule has 1 fully saturated rings. The Labute approximate surface area is 167 Å². The number of halogens is 2. The molecule has 27 heavy (non-hydrogen) atoms. The molecular formula is C16H18Cl2N4O4S. The minimum absolute atomic E-state index is 0.0916. The van der Waals surface area contributed by atoms with E-state index in [4.69, 9.17) is 27.7 Å². The zero-order valence-electron chi connectivity index (χ0n) is 14.7. The Morgan fingerprint density at radius 1 is 1.11 bits per heavy atom. The van der Waals surface area contributed by atoms with Crippen molar-refractivity contribution in [2.24, 2.45) is 0 Å². The highest BCUT2D eigenvalue weighted by Crippen LogP contribution is 2.25. The number of carbonyl (C=O) groups excluding carboxylic acids is 1. The molecule has 2 heterocycles. The molecule has 146 valence electrons. The summed E-state index contributed by atoms with van der Waals surface area (Å²) >= 11 is 11.9. The van der Waals surface area contributed by atoms with Crippen LogP contribution in [0.2, 0.25) is 10.0 Å². The highest BCUT2D eigenvalue weighted by molar-refractivity contribution is 7.89. The number of hydrogen-bond donors (Lipinski definition) is 1. The number of piperazine rings is 1. The Morgan fingerprint density at radius 2 is 1.70 bits per heavy atom. The van der Waals surface area contributed by atoms with Crippen LogP contribution in [-0.2, 0) is 10.0 Å². The number of urea groups is 1. The molecule has 1 N–H and O–H groups in total. The third kappa shape index (κ3) is 4.21. The lowest BCUT2D eigenvalue weighted by atomic mass is 10.3. The number of rotatable bonds is 3. The molecule has 0 unspecified atom stereocenters. The first kappa shape index (κ1) is 19.9. The van der Waals surface area contributed by atoms with Crippen LogP contribution in [0.25, 0.3) is 0 Å². The molecule has 2 aromatic rings. The summed E-state index contributed by atoms with van der Waals surface area (Å²) in [5.74, 6) is 0.255. The van der Waals surface area contributed by atoms with E-state index in [1.54, 1.807) is 32.0 Å². The third-order valence-corrected chi connectivity index (χ3v) is 6.79. The summed E-state index contributed by atoms with van der Waals surface area (Å²) in [6.45, 7) is 4.01. The maximum atomic E-state index is 12.8. The molecule has 1 aromatic heterocycles. The van der Waals surface area contributed by atoms with E-state index >= 15 is 0 Å². The van der Waals surface area contributed by atoms with Crippen molar-refractivity contribution in [1.82, 2.24) is 14.4 Å². The quantitative estimate of drug-likeness (QED) is 0.803. The zero-order chi connectivity index (χ0) is 19.8. The maximum absolute atomic E-state index is 12.8. The fourth-order valence-electron chi connectivity index (χ4n) is 2.93. The van der Waals surface area contributed by atoms with Crippen molar-refractivity contribution >= 4 is 44.9 Å². The van der Waals surface area contributed by atoms with Gasteiger partial charge in [-0.1, -0.05) is 28.4 Å². The summed E-state index contributed by atoms with van der Waals surface area (Å²) in [7, 11) is -3.72. The van der Waals surface area contributed by atoms with Gasteiger partial charge in [-0.05, 0) is 32.0 Å². The summed E-state index contributed by atoms with van der Waals surface area (Å²) in [4.78, 5) is 14.0. The molecule has 1 aromatic carbocycles. The lowest BCUT2D eigenvalue weighted by molar-refractivity contribution is 0.184. The van der Waals surface area contributed by atoms with Crippen molar-refractivity contribution in [1.29, 1.82) is 0 Å². The third-order valence-electron chi connectivity index (χ3n) is 4.21. The number of amides is 2. The monoisotopic (exact) mass is 432 g/mol. The van der Waals surface area contributed by atoms with Crippen molar-refractivity contribution in [2.75, 3.05) is 31.5 Å². The fourth-order valence-corrected chi connectivity index (χ4v) is 5.17. The van der Waals surface area contributed by atoms with Gasteiger partial charge in [0.25, 0.3) is 0 Å². The second-order valence-electron chi connectivity index (χ2n) is 6.13. The van der Waals surface area contributed by atoms with Crippen LogP contribution in [-0.4, -0.2) is 55.0 Å². The van der Waals surface area contributed by atoms with Gasteiger partial charge in [-0.25, -0.2) is 13.2 Å². The van der Waals surface area contributed by atoms with E-state index in [0.717, 1.165) is 0 Å². The highest BCUT2D eigenvalue weighted by Gasteiger charge is 2.34. The summed E-state index contributed by atoms with van der Waals surface area (Å²) < 4.78 is 31.9. The summed E-state index contributed by atoms with van der Waals surface area (Å²) in [5, 5.41) is 7.24. The molecular weight excluding hydrogens is 415 g/mol. The Balaban J connectivity index is 1.65. The van der Waals surface area contributed by atoms with Gasteiger partial charge in [0.15, 0.2) is 5.76 Å². The Morgan fingerprint density at radius 3 is 2.22 bits per heavy atom. The van der Waals surface area contributed by atoms with Crippen LogP contribution in [0.4, 0.5) is 10.5 Å². The average molecular weight is 433 g/mol. The molecule has 11 heteroatoms. The van der Waals surface area contributed by atoms with Gasteiger partial charge >= 0.3 is 6.03 Å². The van der Waals surface area contributed by atoms with Crippen molar-refractivity contribution in [3.05, 3.63) is 39.7 Å². The smallest absolute Gasteiger partial charge is 0.321 e. The molecule has 1 aliphatic rings. The lowest BCUT2D eigenvalue weighted by Gasteiger charge is -2.33. The van der Waals surface area contributed by atoms with Crippen molar-refractivity contribution < 1.29 is 17.7 Å². The van der Waals surface area contributed by atoms with E-state index in [2.05, 4.69) is 10.5 Å². The van der Waals surface area contributed by atoms with Crippen LogP contribution in [0.15, 0.2) is 27.6 Å². The number of benzene rings is 1.